The molecule has 0 aliphatic heterocycles. The van der Waals surface area contributed by atoms with Gasteiger partial charge in [0.2, 0.25) is 0 Å². The first-order valence-corrected chi connectivity index (χ1v) is 8.85. The number of carbonyl (C=O) groups is 1. The van der Waals surface area contributed by atoms with Crippen LogP contribution in [0.3, 0.4) is 0 Å². The minimum Gasteiger partial charge on any atom is -0.383 e. The van der Waals surface area contributed by atoms with Gasteiger partial charge in [0.15, 0.2) is 5.78 Å². The molecule has 0 unspecified atom stereocenters. The Kier molecular flexibility index (Phi) is 4.68. The molecule has 4 rings (SSSR count). The van der Waals surface area contributed by atoms with Crippen molar-refractivity contribution < 1.29 is 4.79 Å². The molecule has 2 aromatic carbocycles. The second kappa shape index (κ2) is 7.44. The summed E-state index contributed by atoms with van der Waals surface area (Å²) in [6, 6.07) is 15.5. The predicted octanol–water partition coefficient (Wildman–Crippen LogP) is 3.74. The van der Waals surface area contributed by atoms with Crippen molar-refractivity contribution in [1.82, 2.24) is 24.4 Å². The average molecular weight is 369 g/mol. The van der Waals surface area contributed by atoms with Gasteiger partial charge in [-0.05, 0) is 36.4 Å². The zero-order valence-corrected chi connectivity index (χ0v) is 15.6. The highest BCUT2D eigenvalue weighted by atomic mass is 16.1. The second-order valence-electron chi connectivity index (χ2n) is 6.61. The molecule has 2 heterocycles. The number of carbonyl (C=O) groups excluding carboxylic acids is 1. The summed E-state index contributed by atoms with van der Waals surface area (Å²) in [5.41, 5.74) is 5.17. The lowest BCUT2D eigenvalue weighted by molar-refractivity contribution is 0.104. The molecule has 0 N–H and O–H groups in total. The first-order chi connectivity index (χ1) is 13.6. The highest BCUT2D eigenvalue weighted by molar-refractivity contribution is 6.06. The number of aromatic nitrogens is 4. The predicted molar refractivity (Wildman–Crippen MR) is 109 cm³/mol. The highest BCUT2D eigenvalue weighted by Gasteiger charge is 2.09. The smallest absolute Gasteiger partial charge is 0.187 e. The molecule has 6 heteroatoms. The van der Waals surface area contributed by atoms with Crippen molar-refractivity contribution in [2.75, 3.05) is 14.1 Å². The summed E-state index contributed by atoms with van der Waals surface area (Å²) in [6.45, 7) is 0. The number of hydrogen-bond acceptors (Lipinski definition) is 5. The molecular weight excluding hydrogens is 350 g/mol. The number of fused-ring (bicyclic) bond motifs is 1. The van der Waals surface area contributed by atoms with Gasteiger partial charge in [-0.2, -0.15) is 0 Å². The SMILES string of the molecule is CN(C)C=CC(=O)c1ccc2c(c1)ncn2-c1cccc(-c2ccncn2)c1. The Hall–Kier alpha value is -3.80. The minimum absolute atomic E-state index is 0.0455. The minimum atomic E-state index is -0.0455. The second-order valence-corrected chi connectivity index (χ2v) is 6.61. The third kappa shape index (κ3) is 3.53. The van der Waals surface area contributed by atoms with E-state index in [-0.39, 0.29) is 5.78 Å². The van der Waals surface area contributed by atoms with E-state index in [2.05, 4.69) is 21.0 Å². The molecule has 138 valence electrons. The van der Waals surface area contributed by atoms with Crippen LogP contribution in [-0.2, 0) is 0 Å². The van der Waals surface area contributed by atoms with E-state index in [1.807, 2.05) is 66.0 Å². The lowest BCUT2D eigenvalue weighted by Gasteiger charge is -2.07. The zero-order chi connectivity index (χ0) is 19.5. The van der Waals surface area contributed by atoms with Crippen molar-refractivity contribution in [2.45, 2.75) is 0 Å². The Balaban J connectivity index is 1.70. The van der Waals surface area contributed by atoms with Gasteiger partial charge in [-0.25, -0.2) is 15.0 Å². The molecule has 0 aliphatic rings. The number of rotatable bonds is 5. The van der Waals surface area contributed by atoms with Crippen LogP contribution in [0.5, 0.6) is 0 Å². The van der Waals surface area contributed by atoms with E-state index < -0.39 is 0 Å². The van der Waals surface area contributed by atoms with Crippen LogP contribution in [0.15, 0.2) is 79.7 Å². The number of allylic oxidation sites excluding steroid dienone is 1. The summed E-state index contributed by atoms with van der Waals surface area (Å²) in [4.78, 5) is 26.9. The third-order valence-corrected chi connectivity index (χ3v) is 4.36. The van der Waals surface area contributed by atoms with Gasteiger partial charge in [-0.15, -0.1) is 0 Å². The van der Waals surface area contributed by atoms with E-state index in [0.717, 1.165) is 28.0 Å². The summed E-state index contributed by atoms with van der Waals surface area (Å²) in [5.74, 6) is -0.0455. The van der Waals surface area contributed by atoms with E-state index in [4.69, 9.17) is 0 Å². The molecular formula is C22H19N5O. The molecule has 28 heavy (non-hydrogen) atoms. The maximum atomic E-state index is 12.3. The van der Waals surface area contributed by atoms with Gasteiger partial charge in [0.05, 0.1) is 16.7 Å². The van der Waals surface area contributed by atoms with Crippen LogP contribution in [0.25, 0.3) is 28.0 Å². The molecule has 0 atom stereocenters. The Morgan fingerprint density at radius 1 is 1.07 bits per heavy atom. The lowest BCUT2D eigenvalue weighted by Crippen LogP contribution is -2.03. The van der Waals surface area contributed by atoms with Crippen molar-refractivity contribution in [3.8, 4) is 16.9 Å². The Morgan fingerprint density at radius 2 is 1.96 bits per heavy atom. The molecule has 0 fully saturated rings. The largest absolute Gasteiger partial charge is 0.383 e. The normalized spacial score (nSPS) is 11.2. The van der Waals surface area contributed by atoms with Crippen LogP contribution >= 0.6 is 0 Å². The van der Waals surface area contributed by atoms with Gasteiger partial charge >= 0.3 is 0 Å². The molecule has 0 radical (unpaired) electrons. The summed E-state index contributed by atoms with van der Waals surface area (Å²) in [7, 11) is 3.76. The number of nitrogens with zero attached hydrogens (tertiary/aromatic N) is 5. The molecule has 2 aromatic heterocycles. The van der Waals surface area contributed by atoms with E-state index in [9.17, 15) is 4.79 Å². The summed E-state index contributed by atoms with van der Waals surface area (Å²) >= 11 is 0. The maximum Gasteiger partial charge on any atom is 0.187 e. The lowest BCUT2D eigenvalue weighted by atomic mass is 10.1. The topological polar surface area (TPSA) is 63.9 Å². The standard InChI is InChI=1S/C22H19N5O/c1-26(2)11-9-22(28)17-6-7-21-20(13-17)25-15-27(21)18-5-3-4-16(12-18)19-8-10-23-14-24-19/h3-15H,1-2H3. The Morgan fingerprint density at radius 3 is 2.75 bits per heavy atom. The fraction of sp³-hybridized carbons (Fsp3) is 0.0909. The van der Waals surface area contributed by atoms with E-state index in [0.29, 0.717) is 5.56 Å². The van der Waals surface area contributed by atoms with Gasteiger partial charge in [-0.1, -0.05) is 12.1 Å². The van der Waals surface area contributed by atoms with Crippen LogP contribution in [0.2, 0.25) is 0 Å². The summed E-state index contributed by atoms with van der Waals surface area (Å²) in [6.07, 6.45) is 8.34. The number of ketones is 1. The van der Waals surface area contributed by atoms with Crippen molar-refractivity contribution in [1.29, 1.82) is 0 Å². The van der Waals surface area contributed by atoms with Gasteiger partial charge in [0.1, 0.15) is 12.7 Å². The molecule has 0 aliphatic carbocycles. The van der Waals surface area contributed by atoms with Gasteiger partial charge < -0.3 is 4.90 Å². The number of benzene rings is 2. The van der Waals surface area contributed by atoms with Crippen LogP contribution < -0.4 is 0 Å². The first-order valence-electron chi connectivity index (χ1n) is 8.85. The maximum absolute atomic E-state index is 12.3. The Bertz CT molecular complexity index is 1160. The van der Waals surface area contributed by atoms with Crippen LogP contribution in [0, 0.1) is 0 Å². The third-order valence-electron chi connectivity index (χ3n) is 4.36. The quantitative estimate of drug-likeness (QED) is 0.396. The molecule has 0 saturated heterocycles. The van der Waals surface area contributed by atoms with Crippen molar-refractivity contribution in [2.24, 2.45) is 0 Å². The van der Waals surface area contributed by atoms with Gasteiger partial charge in [0.25, 0.3) is 0 Å². The highest BCUT2D eigenvalue weighted by Crippen LogP contribution is 2.24. The van der Waals surface area contributed by atoms with Gasteiger partial charge in [0, 0.05) is 49.4 Å². The fourth-order valence-corrected chi connectivity index (χ4v) is 2.96. The monoisotopic (exact) mass is 369 g/mol. The molecule has 0 amide bonds. The van der Waals surface area contributed by atoms with Crippen molar-refractivity contribution >= 4 is 16.8 Å². The first kappa shape index (κ1) is 17.6. The van der Waals surface area contributed by atoms with Crippen molar-refractivity contribution in [3.05, 3.63) is 85.2 Å². The Labute approximate surface area is 162 Å². The molecule has 6 nitrogen and oxygen atoms in total. The van der Waals surface area contributed by atoms with E-state index in [1.165, 1.54) is 6.33 Å². The summed E-state index contributed by atoms with van der Waals surface area (Å²) in [5, 5.41) is 0. The van der Waals surface area contributed by atoms with Crippen molar-refractivity contribution in [3.63, 3.8) is 0 Å². The van der Waals surface area contributed by atoms with Gasteiger partial charge in [-0.3, -0.25) is 9.36 Å². The van der Waals surface area contributed by atoms with E-state index in [1.54, 1.807) is 24.8 Å². The number of hydrogen-bond donors (Lipinski definition) is 0. The molecule has 0 spiro atoms. The fourth-order valence-electron chi connectivity index (χ4n) is 2.96. The summed E-state index contributed by atoms with van der Waals surface area (Å²) < 4.78 is 2.00. The zero-order valence-electron chi connectivity index (χ0n) is 15.6. The van der Waals surface area contributed by atoms with Crippen LogP contribution in [0.4, 0.5) is 0 Å². The van der Waals surface area contributed by atoms with Crippen LogP contribution in [0.1, 0.15) is 10.4 Å². The van der Waals surface area contributed by atoms with E-state index >= 15 is 0 Å². The molecule has 4 aromatic rings. The van der Waals surface area contributed by atoms with Crippen LogP contribution in [-0.4, -0.2) is 44.3 Å². The number of imidazole rings is 1. The molecule has 0 saturated carbocycles. The average Bonchev–Trinajstić information content (AvgIpc) is 3.16. The molecule has 0 bridgehead atoms.